The molecule has 0 amide bonds. The minimum Gasteiger partial charge on any atom is -0.385 e. The van der Waals surface area contributed by atoms with Crippen LogP contribution in [0.5, 0.6) is 0 Å². The van der Waals surface area contributed by atoms with E-state index in [0.717, 1.165) is 20.8 Å². The lowest BCUT2D eigenvalue weighted by Crippen LogP contribution is -2.68. The molecule has 9 heteroatoms. The van der Waals surface area contributed by atoms with E-state index in [-0.39, 0.29) is 0 Å². The maximum absolute atomic E-state index is 12.2. The number of carbonyl (C=O) groups excluding carboxylic acids is 3. The van der Waals surface area contributed by atoms with Gasteiger partial charge in [-0.2, -0.15) is 0 Å². The van der Waals surface area contributed by atoms with Crippen molar-refractivity contribution in [2.24, 2.45) is 0 Å². The van der Waals surface area contributed by atoms with Gasteiger partial charge in [0.2, 0.25) is 11.4 Å². The first-order valence-corrected chi connectivity index (χ1v) is 7.48. The van der Waals surface area contributed by atoms with Crippen molar-refractivity contribution in [3.8, 4) is 0 Å². The molecule has 2 saturated heterocycles. The lowest BCUT2D eigenvalue weighted by Gasteiger charge is -2.39. The number of hydrogen-bond acceptors (Lipinski definition) is 9. The van der Waals surface area contributed by atoms with Crippen LogP contribution in [0.15, 0.2) is 0 Å². The van der Waals surface area contributed by atoms with E-state index < -0.39 is 58.9 Å². The third kappa shape index (κ3) is 2.52. The molecule has 24 heavy (non-hydrogen) atoms. The minimum atomic E-state index is -2.93. The highest BCUT2D eigenvalue weighted by atomic mass is 16.8. The first-order chi connectivity index (χ1) is 10.8. The minimum absolute atomic E-state index is 0.876. The number of ether oxygens (including phenoxy) is 3. The van der Waals surface area contributed by atoms with E-state index >= 15 is 0 Å². The van der Waals surface area contributed by atoms with Crippen molar-refractivity contribution in [1.29, 1.82) is 0 Å². The Morgan fingerprint density at radius 1 is 1.17 bits per heavy atom. The Kier molecular flexibility index (Phi) is 4.50. The SMILES string of the molecule is CC(=O)[C@@](O)(C(=O)C(C)O)[C@H]1O[C@@H]2OC(C)(C)O[C@@H]2[C@]1(O)C(C)=O. The van der Waals surface area contributed by atoms with Crippen LogP contribution in [0, 0.1) is 0 Å². The molecule has 1 unspecified atom stereocenters. The van der Waals surface area contributed by atoms with Gasteiger partial charge in [0.05, 0.1) is 0 Å². The number of rotatable bonds is 5. The second kappa shape index (κ2) is 5.65. The molecule has 2 fully saturated rings. The van der Waals surface area contributed by atoms with Crippen molar-refractivity contribution in [3.05, 3.63) is 0 Å². The number of Topliss-reactive ketones (excluding diaryl/α,β-unsaturated/α-hetero) is 3. The summed E-state index contributed by atoms with van der Waals surface area (Å²) in [6.45, 7) is 6.02. The van der Waals surface area contributed by atoms with Crippen LogP contribution in [-0.4, -0.2) is 74.3 Å². The average Bonchev–Trinajstić information content (AvgIpc) is 2.89. The molecule has 0 aromatic carbocycles. The summed E-state index contributed by atoms with van der Waals surface area (Å²) in [7, 11) is 0. The maximum Gasteiger partial charge on any atom is 0.213 e. The highest BCUT2D eigenvalue weighted by Gasteiger charge is 2.72. The van der Waals surface area contributed by atoms with Gasteiger partial charge in [-0.05, 0) is 34.6 Å². The van der Waals surface area contributed by atoms with Crippen molar-refractivity contribution in [1.82, 2.24) is 0 Å². The van der Waals surface area contributed by atoms with E-state index in [1.165, 1.54) is 13.8 Å². The van der Waals surface area contributed by atoms with Crippen molar-refractivity contribution in [3.63, 3.8) is 0 Å². The van der Waals surface area contributed by atoms with Crippen molar-refractivity contribution < 1.29 is 43.9 Å². The molecular formula is C15H22O9. The smallest absolute Gasteiger partial charge is 0.213 e. The largest absolute Gasteiger partial charge is 0.385 e. The van der Waals surface area contributed by atoms with Gasteiger partial charge in [0.15, 0.2) is 35.3 Å². The molecule has 136 valence electrons. The summed E-state index contributed by atoms with van der Waals surface area (Å²) in [6, 6.07) is 0. The van der Waals surface area contributed by atoms with Crippen LogP contribution in [0.3, 0.4) is 0 Å². The molecule has 0 aliphatic carbocycles. The number of fused-ring (bicyclic) bond motifs is 1. The zero-order chi connectivity index (χ0) is 18.7. The van der Waals surface area contributed by atoms with Gasteiger partial charge in [-0.3, -0.25) is 14.4 Å². The molecule has 0 aromatic rings. The highest BCUT2D eigenvalue weighted by Crippen LogP contribution is 2.47. The topological polar surface area (TPSA) is 140 Å². The molecule has 2 rings (SSSR count). The maximum atomic E-state index is 12.2. The molecule has 3 N–H and O–H groups in total. The van der Waals surface area contributed by atoms with Gasteiger partial charge in [0.1, 0.15) is 12.2 Å². The highest BCUT2D eigenvalue weighted by molar-refractivity contribution is 6.12. The molecular weight excluding hydrogens is 324 g/mol. The first kappa shape index (κ1) is 19.1. The van der Waals surface area contributed by atoms with Crippen LogP contribution >= 0.6 is 0 Å². The van der Waals surface area contributed by atoms with E-state index in [4.69, 9.17) is 14.2 Å². The second-order valence-electron chi connectivity index (χ2n) is 6.68. The van der Waals surface area contributed by atoms with Crippen molar-refractivity contribution in [2.75, 3.05) is 0 Å². The van der Waals surface area contributed by atoms with Crippen LogP contribution < -0.4 is 0 Å². The van der Waals surface area contributed by atoms with Gasteiger partial charge < -0.3 is 29.5 Å². The molecule has 0 spiro atoms. The second-order valence-corrected chi connectivity index (χ2v) is 6.68. The van der Waals surface area contributed by atoms with Crippen LogP contribution in [-0.2, 0) is 28.6 Å². The number of aliphatic hydroxyl groups is 3. The van der Waals surface area contributed by atoms with Crippen LogP contribution in [0.1, 0.15) is 34.6 Å². The summed E-state index contributed by atoms with van der Waals surface area (Å²) in [6.07, 6.45) is -6.32. The third-order valence-corrected chi connectivity index (χ3v) is 4.40. The van der Waals surface area contributed by atoms with E-state index in [0.29, 0.717) is 0 Å². The Balaban J connectivity index is 2.55. The molecule has 0 radical (unpaired) electrons. The summed E-state index contributed by atoms with van der Waals surface area (Å²) >= 11 is 0. The van der Waals surface area contributed by atoms with E-state index in [1.807, 2.05) is 0 Å². The Bertz CT molecular complexity index is 583. The van der Waals surface area contributed by atoms with Crippen LogP contribution in [0.2, 0.25) is 0 Å². The summed E-state index contributed by atoms with van der Waals surface area (Å²) in [5.74, 6) is -4.43. The Morgan fingerprint density at radius 2 is 1.71 bits per heavy atom. The predicted octanol–water partition coefficient (Wildman–Crippen LogP) is -1.55. The van der Waals surface area contributed by atoms with Crippen molar-refractivity contribution >= 4 is 17.3 Å². The van der Waals surface area contributed by atoms with Crippen LogP contribution in [0.4, 0.5) is 0 Å². The fourth-order valence-corrected chi connectivity index (χ4v) is 3.12. The van der Waals surface area contributed by atoms with Gasteiger partial charge >= 0.3 is 0 Å². The lowest BCUT2D eigenvalue weighted by molar-refractivity contribution is -0.248. The normalized spacial score (nSPS) is 38.2. The molecule has 0 bridgehead atoms. The van der Waals surface area contributed by atoms with Crippen LogP contribution in [0.25, 0.3) is 0 Å². The molecule has 6 atom stereocenters. The number of ketones is 3. The Labute approximate surface area is 138 Å². The van der Waals surface area contributed by atoms with Gasteiger partial charge in [0.25, 0.3) is 0 Å². The number of hydrogen-bond donors (Lipinski definition) is 3. The zero-order valence-electron chi connectivity index (χ0n) is 14.1. The van der Waals surface area contributed by atoms with Gasteiger partial charge in [0, 0.05) is 0 Å². The molecule has 0 aromatic heterocycles. The number of carbonyl (C=O) groups is 3. The monoisotopic (exact) mass is 346 g/mol. The van der Waals surface area contributed by atoms with Gasteiger partial charge in [-0.1, -0.05) is 0 Å². The van der Waals surface area contributed by atoms with E-state index in [1.54, 1.807) is 0 Å². The average molecular weight is 346 g/mol. The standard InChI is InChI=1S/C15H22O9/c1-6(16)9(19)14(20,7(2)17)12-15(21,8(3)18)10-11(22-12)24-13(4,5)23-10/h6,10-12,16,20-21H,1-5H3/t6?,10-,11+,12+,14+,15+/m0/s1. The molecule has 2 aliphatic rings. The first-order valence-electron chi connectivity index (χ1n) is 7.48. The molecule has 9 nitrogen and oxygen atoms in total. The quantitative estimate of drug-likeness (QED) is 0.505. The molecule has 2 aliphatic heterocycles. The lowest BCUT2D eigenvalue weighted by atomic mass is 9.74. The molecule has 0 saturated carbocycles. The van der Waals surface area contributed by atoms with E-state index in [9.17, 15) is 29.7 Å². The zero-order valence-corrected chi connectivity index (χ0v) is 14.1. The molecule has 2 heterocycles. The fourth-order valence-electron chi connectivity index (χ4n) is 3.12. The van der Waals surface area contributed by atoms with E-state index in [2.05, 4.69) is 0 Å². The van der Waals surface area contributed by atoms with Crippen molar-refractivity contribution in [2.45, 2.75) is 76.2 Å². The number of aliphatic hydroxyl groups excluding tert-OH is 1. The summed E-state index contributed by atoms with van der Waals surface area (Å²) in [4.78, 5) is 36.4. The Morgan fingerprint density at radius 3 is 2.12 bits per heavy atom. The summed E-state index contributed by atoms with van der Waals surface area (Å²) in [5, 5.41) is 31.1. The van der Waals surface area contributed by atoms with Gasteiger partial charge in [-0.15, -0.1) is 0 Å². The third-order valence-electron chi connectivity index (χ3n) is 4.40. The summed E-state index contributed by atoms with van der Waals surface area (Å²) in [5.41, 5.74) is -5.45. The van der Waals surface area contributed by atoms with Gasteiger partial charge in [-0.25, -0.2) is 0 Å². The predicted molar refractivity (Wildman–Crippen MR) is 76.6 cm³/mol. The fraction of sp³-hybridized carbons (Fsp3) is 0.800. The summed E-state index contributed by atoms with van der Waals surface area (Å²) < 4.78 is 16.3. The Hall–Kier alpha value is -1.23.